The minimum atomic E-state index is -0.915. The highest BCUT2D eigenvalue weighted by molar-refractivity contribution is 7.18. The van der Waals surface area contributed by atoms with Gasteiger partial charge in [-0.25, -0.2) is 5.43 Å². The third-order valence-electron chi connectivity index (χ3n) is 3.46. The molecule has 8 nitrogen and oxygen atoms in total. The summed E-state index contributed by atoms with van der Waals surface area (Å²) in [5.74, 6) is -1.16. The molecule has 0 radical (unpaired) electrons. The number of rotatable bonds is 6. The summed E-state index contributed by atoms with van der Waals surface area (Å²) >= 11 is 1.17. The summed E-state index contributed by atoms with van der Waals surface area (Å²) in [5.41, 5.74) is 3.74. The number of aromatic nitrogens is 2. The third kappa shape index (κ3) is 4.98. The van der Waals surface area contributed by atoms with Gasteiger partial charge >= 0.3 is 11.8 Å². The predicted molar refractivity (Wildman–Crippen MR) is 107 cm³/mol. The molecule has 1 aromatic heterocycles. The molecule has 0 aliphatic carbocycles. The number of nitrogens with one attached hydrogen (secondary N) is 2. The van der Waals surface area contributed by atoms with Crippen LogP contribution >= 0.6 is 11.3 Å². The summed E-state index contributed by atoms with van der Waals surface area (Å²) < 4.78 is 5.46. The molecule has 142 valence electrons. The topological polar surface area (TPSA) is 106 Å². The quantitative estimate of drug-likeness (QED) is 0.379. The molecule has 0 atom stereocenters. The second kappa shape index (κ2) is 9.38. The van der Waals surface area contributed by atoms with Crippen molar-refractivity contribution in [3.8, 4) is 16.3 Å². The Morgan fingerprint density at radius 3 is 2.61 bits per heavy atom. The zero-order valence-electron chi connectivity index (χ0n) is 15.0. The Bertz CT molecular complexity index is 988. The number of amides is 2. The number of anilines is 1. The van der Waals surface area contributed by atoms with Crippen LogP contribution in [0.2, 0.25) is 0 Å². The van der Waals surface area contributed by atoms with Gasteiger partial charge in [-0.1, -0.05) is 53.8 Å². The lowest BCUT2D eigenvalue weighted by Crippen LogP contribution is -2.32. The zero-order valence-corrected chi connectivity index (χ0v) is 15.8. The van der Waals surface area contributed by atoms with Crippen molar-refractivity contribution in [3.63, 3.8) is 0 Å². The van der Waals surface area contributed by atoms with Crippen molar-refractivity contribution in [1.29, 1.82) is 0 Å². The van der Waals surface area contributed by atoms with E-state index in [0.717, 1.165) is 5.56 Å². The molecule has 0 saturated heterocycles. The van der Waals surface area contributed by atoms with Crippen LogP contribution in [-0.4, -0.2) is 34.8 Å². The smallest absolute Gasteiger partial charge is 0.329 e. The van der Waals surface area contributed by atoms with Crippen LogP contribution in [0.5, 0.6) is 5.75 Å². The molecule has 0 aliphatic rings. The molecule has 0 saturated carbocycles. The van der Waals surface area contributed by atoms with E-state index in [-0.39, 0.29) is 5.13 Å². The number of para-hydroxylation sites is 1. The molecule has 28 heavy (non-hydrogen) atoms. The van der Waals surface area contributed by atoms with Crippen molar-refractivity contribution in [2.75, 3.05) is 11.9 Å². The summed E-state index contributed by atoms with van der Waals surface area (Å²) in [6.07, 6.45) is 1.41. The number of hydrogen-bond donors (Lipinski definition) is 2. The number of carbonyl (C=O) groups excluding carboxylic acids is 2. The number of hydrogen-bond acceptors (Lipinski definition) is 7. The second-order valence-corrected chi connectivity index (χ2v) is 6.38. The Morgan fingerprint density at radius 2 is 1.82 bits per heavy atom. The summed E-state index contributed by atoms with van der Waals surface area (Å²) in [5, 5.41) is 15.0. The minimum Gasteiger partial charge on any atom is -0.493 e. The van der Waals surface area contributed by atoms with Crippen molar-refractivity contribution < 1.29 is 14.3 Å². The fourth-order valence-electron chi connectivity index (χ4n) is 2.21. The van der Waals surface area contributed by atoms with Crippen LogP contribution in [0.1, 0.15) is 12.5 Å². The van der Waals surface area contributed by atoms with Crippen LogP contribution in [0.15, 0.2) is 59.7 Å². The minimum absolute atomic E-state index is 0.227. The van der Waals surface area contributed by atoms with E-state index in [1.54, 1.807) is 12.1 Å². The Hall–Kier alpha value is -3.59. The highest BCUT2D eigenvalue weighted by Gasteiger charge is 2.16. The van der Waals surface area contributed by atoms with Gasteiger partial charge in [0.25, 0.3) is 0 Å². The molecule has 2 aromatic carbocycles. The Morgan fingerprint density at radius 1 is 1.07 bits per heavy atom. The maximum absolute atomic E-state index is 12.0. The Labute approximate surface area is 165 Å². The molecule has 1 heterocycles. The molecule has 0 aliphatic heterocycles. The summed E-state index contributed by atoms with van der Waals surface area (Å²) in [4.78, 5) is 23.9. The average molecular weight is 395 g/mol. The average Bonchev–Trinajstić information content (AvgIpc) is 3.18. The molecular formula is C19H17N5O3S. The van der Waals surface area contributed by atoms with E-state index >= 15 is 0 Å². The van der Waals surface area contributed by atoms with Gasteiger partial charge < -0.3 is 4.74 Å². The summed E-state index contributed by atoms with van der Waals surface area (Å²) in [6, 6.07) is 16.6. The van der Waals surface area contributed by atoms with Gasteiger partial charge in [-0.3, -0.25) is 14.9 Å². The number of ether oxygens (including phenoxy) is 1. The number of benzene rings is 2. The first-order chi connectivity index (χ1) is 13.7. The van der Waals surface area contributed by atoms with Crippen molar-refractivity contribution >= 4 is 34.5 Å². The first-order valence-corrected chi connectivity index (χ1v) is 9.24. The zero-order chi connectivity index (χ0) is 19.8. The largest absolute Gasteiger partial charge is 0.493 e. The van der Waals surface area contributed by atoms with Gasteiger partial charge in [0.2, 0.25) is 5.13 Å². The highest BCUT2D eigenvalue weighted by atomic mass is 32.1. The van der Waals surface area contributed by atoms with E-state index in [1.807, 2.05) is 49.4 Å². The van der Waals surface area contributed by atoms with Crippen LogP contribution in [0, 0.1) is 0 Å². The van der Waals surface area contributed by atoms with Crippen LogP contribution in [0.3, 0.4) is 0 Å². The number of carbonyl (C=O) groups is 2. The third-order valence-corrected chi connectivity index (χ3v) is 4.35. The van der Waals surface area contributed by atoms with Crippen LogP contribution in [0.25, 0.3) is 10.6 Å². The monoisotopic (exact) mass is 395 g/mol. The molecule has 9 heteroatoms. The normalized spacial score (nSPS) is 10.6. The first-order valence-electron chi connectivity index (χ1n) is 8.42. The van der Waals surface area contributed by atoms with Crippen molar-refractivity contribution in [2.24, 2.45) is 5.10 Å². The lowest BCUT2D eigenvalue weighted by molar-refractivity contribution is -0.136. The van der Waals surface area contributed by atoms with E-state index in [0.29, 0.717) is 22.9 Å². The first kappa shape index (κ1) is 19.2. The van der Waals surface area contributed by atoms with Gasteiger partial charge in [-0.05, 0) is 19.1 Å². The molecule has 0 unspecified atom stereocenters. The highest BCUT2D eigenvalue weighted by Crippen LogP contribution is 2.25. The fraction of sp³-hybridized carbons (Fsp3) is 0.105. The van der Waals surface area contributed by atoms with E-state index in [4.69, 9.17) is 4.74 Å². The van der Waals surface area contributed by atoms with E-state index in [9.17, 15) is 9.59 Å². The molecule has 2 amide bonds. The Kier molecular flexibility index (Phi) is 6.42. The second-order valence-electron chi connectivity index (χ2n) is 5.40. The van der Waals surface area contributed by atoms with Gasteiger partial charge in [0, 0.05) is 11.1 Å². The van der Waals surface area contributed by atoms with Crippen LogP contribution in [0.4, 0.5) is 5.13 Å². The van der Waals surface area contributed by atoms with E-state index in [2.05, 4.69) is 26.0 Å². The molecule has 0 bridgehead atoms. The fourth-order valence-corrected chi connectivity index (χ4v) is 2.95. The molecule has 0 spiro atoms. The SMILES string of the molecule is CCOc1ccccc1/C=N\NC(=O)C(=O)Nc1nnc(-c2ccccc2)s1. The molecule has 3 rings (SSSR count). The van der Waals surface area contributed by atoms with Crippen molar-refractivity contribution in [3.05, 3.63) is 60.2 Å². The summed E-state index contributed by atoms with van der Waals surface area (Å²) in [6.45, 7) is 2.38. The van der Waals surface area contributed by atoms with Crippen LogP contribution < -0.4 is 15.5 Å². The van der Waals surface area contributed by atoms with Gasteiger partial charge in [-0.2, -0.15) is 5.10 Å². The lowest BCUT2D eigenvalue weighted by atomic mass is 10.2. The lowest BCUT2D eigenvalue weighted by Gasteiger charge is -2.05. The maximum atomic E-state index is 12.0. The standard InChI is InChI=1S/C19H17N5O3S/c1-2-27-15-11-7-6-10-14(15)12-20-22-17(26)16(25)21-19-24-23-18(28-19)13-8-4-3-5-9-13/h3-12H,2H2,1H3,(H,22,26)(H,21,24,25)/b20-12-. The van der Waals surface area contributed by atoms with E-state index < -0.39 is 11.8 Å². The van der Waals surface area contributed by atoms with Crippen molar-refractivity contribution in [2.45, 2.75) is 6.92 Å². The van der Waals surface area contributed by atoms with Crippen LogP contribution in [-0.2, 0) is 9.59 Å². The molecular weight excluding hydrogens is 378 g/mol. The van der Waals surface area contributed by atoms with E-state index in [1.165, 1.54) is 17.6 Å². The molecule has 3 aromatic rings. The van der Waals surface area contributed by atoms with Gasteiger partial charge in [0.05, 0.1) is 12.8 Å². The summed E-state index contributed by atoms with van der Waals surface area (Å²) in [7, 11) is 0. The Balaban J connectivity index is 1.57. The number of hydrazone groups is 1. The molecule has 2 N–H and O–H groups in total. The molecule has 0 fully saturated rings. The number of nitrogens with zero attached hydrogens (tertiary/aromatic N) is 3. The van der Waals surface area contributed by atoms with Gasteiger partial charge in [0.15, 0.2) is 0 Å². The maximum Gasteiger partial charge on any atom is 0.329 e. The predicted octanol–water partition coefficient (Wildman–Crippen LogP) is 2.69. The van der Waals surface area contributed by atoms with Gasteiger partial charge in [0.1, 0.15) is 10.8 Å². The van der Waals surface area contributed by atoms with Crippen molar-refractivity contribution in [1.82, 2.24) is 15.6 Å². The van der Waals surface area contributed by atoms with Gasteiger partial charge in [-0.15, -0.1) is 10.2 Å².